The number of esters is 1. The van der Waals surface area contributed by atoms with E-state index >= 15 is 0 Å². The molecule has 0 bridgehead atoms. The Kier molecular flexibility index (Phi) is 11.9. The number of carbonyl (C=O) groups is 4. The van der Waals surface area contributed by atoms with Gasteiger partial charge in [-0.3, -0.25) is 19.3 Å². The third kappa shape index (κ3) is 8.15. The molecule has 3 amide bonds. The third-order valence-corrected chi connectivity index (χ3v) is 9.90. The van der Waals surface area contributed by atoms with Crippen LogP contribution in [0.3, 0.4) is 0 Å². The Morgan fingerprint density at radius 2 is 1.64 bits per heavy atom. The lowest BCUT2D eigenvalue weighted by molar-refractivity contribution is -0.158. The number of hydrogen-bond acceptors (Lipinski definition) is 6. The largest absolute Gasteiger partial charge is 0.456 e. The lowest BCUT2D eigenvalue weighted by atomic mass is 9.89. The van der Waals surface area contributed by atoms with E-state index in [0.717, 1.165) is 57.1 Å². The Morgan fingerprint density at radius 1 is 0.933 bits per heavy atom. The molecule has 248 valence electrons. The smallest absolute Gasteiger partial charge is 0.329 e. The molecule has 0 spiro atoms. The number of piperidine rings is 1. The predicted molar refractivity (Wildman–Crippen MR) is 175 cm³/mol. The SMILES string of the molecule is C/C(=C\[C@H](C(C)C)N(C)C(=O)[C@@H](NC(=O)[C@H]1CCCCN1C)C(C)C)C(=O)N1CCC[C@H]1C(=O)O[C@@H]1CCCc2ccccc21. The molecule has 2 saturated heterocycles. The molecule has 9 heteroatoms. The first kappa shape index (κ1) is 34.7. The zero-order valence-electron chi connectivity index (χ0n) is 28.4. The van der Waals surface area contributed by atoms with Crippen LogP contribution in [0.15, 0.2) is 35.9 Å². The lowest BCUT2D eigenvalue weighted by Gasteiger charge is -2.36. The van der Waals surface area contributed by atoms with Gasteiger partial charge in [-0.25, -0.2) is 4.79 Å². The van der Waals surface area contributed by atoms with Gasteiger partial charge in [0.15, 0.2) is 0 Å². The van der Waals surface area contributed by atoms with Gasteiger partial charge in [-0.1, -0.05) is 64.5 Å². The summed E-state index contributed by atoms with van der Waals surface area (Å²) in [5.41, 5.74) is 2.78. The molecule has 4 rings (SSSR count). The van der Waals surface area contributed by atoms with Crippen molar-refractivity contribution >= 4 is 23.7 Å². The Morgan fingerprint density at radius 3 is 2.33 bits per heavy atom. The fourth-order valence-corrected chi connectivity index (χ4v) is 7.15. The topological polar surface area (TPSA) is 99.3 Å². The van der Waals surface area contributed by atoms with Gasteiger partial charge in [0.25, 0.3) is 0 Å². The maximum Gasteiger partial charge on any atom is 0.329 e. The summed E-state index contributed by atoms with van der Waals surface area (Å²) in [6, 6.07) is 6.22. The van der Waals surface area contributed by atoms with Crippen LogP contribution in [0.5, 0.6) is 0 Å². The van der Waals surface area contributed by atoms with Crippen LogP contribution in [-0.2, 0) is 30.3 Å². The second-order valence-electron chi connectivity index (χ2n) is 13.9. The van der Waals surface area contributed by atoms with E-state index in [1.807, 2.05) is 59.0 Å². The minimum Gasteiger partial charge on any atom is -0.456 e. The van der Waals surface area contributed by atoms with E-state index in [1.54, 1.807) is 23.8 Å². The predicted octanol–water partition coefficient (Wildman–Crippen LogP) is 4.65. The molecule has 45 heavy (non-hydrogen) atoms. The van der Waals surface area contributed by atoms with Crippen LogP contribution < -0.4 is 5.32 Å². The fourth-order valence-electron chi connectivity index (χ4n) is 7.15. The first-order chi connectivity index (χ1) is 21.4. The molecule has 3 aliphatic rings. The highest BCUT2D eigenvalue weighted by Gasteiger charge is 2.39. The maximum atomic E-state index is 13.9. The molecule has 0 radical (unpaired) electrons. The van der Waals surface area contributed by atoms with Crippen LogP contribution in [-0.4, -0.2) is 89.7 Å². The number of amides is 3. The quantitative estimate of drug-likeness (QED) is 0.301. The minimum absolute atomic E-state index is 0.0143. The summed E-state index contributed by atoms with van der Waals surface area (Å²) in [7, 11) is 3.70. The summed E-state index contributed by atoms with van der Waals surface area (Å²) in [6.45, 7) is 11.0. The summed E-state index contributed by atoms with van der Waals surface area (Å²) < 4.78 is 6.04. The summed E-state index contributed by atoms with van der Waals surface area (Å²) in [4.78, 5) is 59.7. The average Bonchev–Trinajstić information content (AvgIpc) is 3.51. The number of benzene rings is 1. The van der Waals surface area contributed by atoms with Gasteiger partial charge in [-0.15, -0.1) is 0 Å². The van der Waals surface area contributed by atoms with Crippen LogP contribution in [0.4, 0.5) is 0 Å². The number of nitrogens with zero attached hydrogens (tertiary/aromatic N) is 3. The summed E-state index contributed by atoms with van der Waals surface area (Å²) in [6.07, 6.45) is 8.46. The van der Waals surface area contributed by atoms with Gasteiger partial charge in [-0.2, -0.15) is 0 Å². The standard InChI is InChI=1S/C36H54N4O5/c1-23(2)30(39(7)35(43)32(24(3)4)37-33(41)28-17-10-11-20-38(28)6)22-25(5)34(42)40-21-13-18-29(40)36(44)45-31-19-12-15-26-14-8-9-16-27(26)31/h8-9,14,16,22-24,28-32H,10-13,15,17-21H2,1-7H3,(H,37,41)/b25-22+/t28-,29+,30-,31-,32+/m1/s1. The number of aryl methyl sites for hydroxylation is 1. The van der Waals surface area contributed by atoms with Crippen LogP contribution in [0.2, 0.25) is 0 Å². The van der Waals surface area contributed by atoms with E-state index in [-0.39, 0.29) is 53.7 Å². The van der Waals surface area contributed by atoms with Crippen molar-refractivity contribution in [2.24, 2.45) is 11.8 Å². The van der Waals surface area contributed by atoms with Gasteiger partial charge in [0.2, 0.25) is 17.7 Å². The first-order valence-corrected chi connectivity index (χ1v) is 17.0. The van der Waals surface area contributed by atoms with Crippen molar-refractivity contribution < 1.29 is 23.9 Å². The van der Waals surface area contributed by atoms with Gasteiger partial charge >= 0.3 is 5.97 Å². The molecule has 1 aromatic rings. The zero-order valence-corrected chi connectivity index (χ0v) is 28.4. The molecular formula is C36H54N4O5. The second kappa shape index (κ2) is 15.4. The molecule has 2 heterocycles. The van der Waals surface area contributed by atoms with E-state index in [9.17, 15) is 19.2 Å². The molecule has 5 atom stereocenters. The number of carbonyl (C=O) groups excluding carboxylic acids is 4. The van der Waals surface area contributed by atoms with E-state index in [2.05, 4.69) is 16.3 Å². The van der Waals surface area contributed by atoms with Crippen molar-refractivity contribution in [3.05, 3.63) is 47.0 Å². The van der Waals surface area contributed by atoms with E-state index < -0.39 is 12.1 Å². The van der Waals surface area contributed by atoms with Crippen LogP contribution in [0.25, 0.3) is 0 Å². The Bertz CT molecular complexity index is 1260. The zero-order chi connectivity index (χ0) is 32.8. The van der Waals surface area contributed by atoms with E-state index in [1.165, 1.54) is 5.56 Å². The first-order valence-electron chi connectivity index (χ1n) is 17.0. The number of ether oxygens (including phenoxy) is 1. The Hall–Kier alpha value is -3.20. The summed E-state index contributed by atoms with van der Waals surface area (Å²) in [5, 5.41) is 3.05. The number of likely N-dealkylation sites (tertiary alicyclic amines) is 2. The van der Waals surface area contributed by atoms with Gasteiger partial charge in [0.05, 0.1) is 12.1 Å². The van der Waals surface area contributed by atoms with E-state index in [4.69, 9.17) is 4.74 Å². The van der Waals surface area contributed by atoms with Crippen molar-refractivity contribution in [2.75, 3.05) is 27.2 Å². The average molecular weight is 623 g/mol. The highest BCUT2D eigenvalue weighted by molar-refractivity contribution is 5.96. The number of rotatable bonds is 10. The second-order valence-corrected chi connectivity index (χ2v) is 13.9. The molecule has 1 N–H and O–H groups in total. The van der Waals surface area contributed by atoms with Crippen LogP contribution in [0, 0.1) is 11.8 Å². The number of nitrogens with one attached hydrogen (secondary N) is 1. The van der Waals surface area contributed by atoms with Crippen LogP contribution >= 0.6 is 0 Å². The van der Waals surface area contributed by atoms with E-state index in [0.29, 0.717) is 18.5 Å². The van der Waals surface area contributed by atoms with Crippen molar-refractivity contribution in [3.63, 3.8) is 0 Å². The Balaban J connectivity index is 1.44. The molecule has 0 aromatic heterocycles. The van der Waals surface area contributed by atoms with Gasteiger partial charge in [0, 0.05) is 19.2 Å². The summed E-state index contributed by atoms with van der Waals surface area (Å²) >= 11 is 0. The van der Waals surface area contributed by atoms with Crippen molar-refractivity contribution in [1.82, 2.24) is 20.0 Å². The number of likely N-dealkylation sites (N-methyl/N-ethyl adjacent to an activating group) is 2. The molecule has 9 nitrogen and oxygen atoms in total. The molecular weight excluding hydrogens is 568 g/mol. The van der Waals surface area contributed by atoms with Crippen LogP contribution in [0.1, 0.15) is 96.8 Å². The lowest BCUT2D eigenvalue weighted by Crippen LogP contribution is -2.57. The fraction of sp³-hybridized carbons (Fsp3) is 0.667. The highest BCUT2D eigenvalue weighted by Crippen LogP contribution is 2.34. The maximum absolute atomic E-state index is 13.9. The molecule has 0 unspecified atom stereocenters. The molecule has 2 fully saturated rings. The molecule has 1 aliphatic carbocycles. The molecule has 2 aliphatic heterocycles. The van der Waals surface area contributed by atoms with Crippen molar-refractivity contribution in [3.8, 4) is 0 Å². The highest BCUT2D eigenvalue weighted by atomic mass is 16.5. The van der Waals surface area contributed by atoms with Gasteiger partial charge in [0.1, 0.15) is 18.2 Å². The van der Waals surface area contributed by atoms with Crippen molar-refractivity contribution in [2.45, 2.75) is 116 Å². The summed E-state index contributed by atoms with van der Waals surface area (Å²) in [5.74, 6) is -0.932. The normalized spacial score (nSPS) is 23.8. The van der Waals surface area contributed by atoms with Gasteiger partial charge < -0.3 is 19.9 Å². The Labute approximate surface area is 269 Å². The third-order valence-electron chi connectivity index (χ3n) is 9.90. The molecule has 0 saturated carbocycles. The number of hydrogen-bond donors (Lipinski definition) is 1. The van der Waals surface area contributed by atoms with Gasteiger partial charge in [-0.05, 0) is 88.4 Å². The number of fused-ring (bicyclic) bond motifs is 1. The molecule has 1 aromatic carbocycles. The monoisotopic (exact) mass is 622 g/mol. The minimum atomic E-state index is -0.675. The van der Waals surface area contributed by atoms with Crippen molar-refractivity contribution in [1.29, 1.82) is 0 Å².